The van der Waals surface area contributed by atoms with Crippen LogP contribution in [-0.4, -0.2) is 37.1 Å². The first-order chi connectivity index (χ1) is 8.09. The largest absolute Gasteiger partial charge is 0.303 e. The Bertz CT molecular complexity index is 253. The Morgan fingerprint density at radius 2 is 2.00 bits per heavy atom. The Morgan fingerprint density at radius 3 is 2.53 bits per heavy atom. The van der Waals surface area contributed by atoms with Crippen molar-refractivity contribution in [2.45, 2.75) is 51.5 Å². The molecule has 0 spiro atoms. The van der Waals surface area contributed by atoms with Crippen molar-refractivity contribution < 1.29 is 0 Å². The van der Waals surface area contributed by atoms with Crippen LogP contribution in [0.1, 0.15) is 46.0 Å². The van der Waals surface area contributed by atoms with Crippen molar-refractivity contribution >= 4 is 0 Å². The normalized spacial score (nSPS) is 21.1. The minimum Gasteiger partial charge on any atom is -0.303 e. The lowest BCUT2D eigenvalue weighted by Gasteiger charge is -2.32. The molecule has 0 aromatic carbocycles. The summed E-state index contributed by atoms with van der Waals surface area (Å²) in [7, 11) is 2.14. The Balaban J connectivity index is 2.36. The highest BCUT2D eigenvalue weighted by atomic mass is 15.1. The van der Waals surface area contributed by atoms with E-state index < -0.39 is 5.54 Å². The molecule has 1 atom stereocenters. The Hall–Kier alpha value is -0.590. The smallest absolute Gasteiger partial charge is 0.116 e. The second-order valence-electron chi connectivity index (χ2n) is 5.68. The number of hydrogen-bond donors (Lipinski definition) is 1. The number of nitrogens with one attached hydrogen (secondary N) is 1. The van der Waals surface area contributed by atoms with Crippen molar-refractivity contribution in [2.75, 3.05) is 26.7 Å². The van der Waals surface area contributed by atoms with Crippen LogP contribution in [0, 0.1) is 17.2 Å². The fraction of sp³-hybridized carbons (Fsp3) is 0.929. The van der Waals surface area contributed by atoms with Gasteiger partial charge in [-0.2, -0.15) is 5.26 Å². The van der Waals surface area contributed by atoms with Crippen LogP contribution in [0.4, 0.5) is 0 Å². The van der Waals surface area contributed by atoms with Crippen LogP contribution in [0.5, 0.6) is 0 Å². The summed E-state index contributed by atoms with van der Waals surface area (Å²) in [5.74, 6) is 0.846. The van der Waals surface area contributed by atoms with Gasteiger partial charge in [-0.15, -0.1) is 0 Å². The molecule has 0 aromatic heterocycles. The third-order valence-electron chi connectivity index (χ3n) is 3.69. The van der Waals surface area contributed by atoms with Crippen LogP contribution in [0.15, 0.2) is 0 Å². The predicted octanol–water partition coefficient (Wildman–Crippen LogP) is 2.39. The lowest BCUT2D eigenvalue weighted by Crippen LogP contribution is -2.50. The van der Waals surface area contributed by atoms with Crippen molar-refractivity contribution in [3.05, 3.63) is 0 Å². The average Bonchev–Trinajstić information content (AvgIpc) is 2.30. The molecule has 17 heavy (non-hydrogen) atoms. The zero-order valence-corrected chi connectivity index (χ0v) is 11.6. The van der Waals surface area contributed by atoms with Gasteiger partial charge in [-0.05, 0) is 39.3 Å². The second kappa shape index (κ2) is 6.98. The van der Waals surface area contributed by atoms with Gasteiger partial charge in [-0.3, -0.25) is 5.32 Å². The average molecular weight is 237 g/mol. The number of rotatable bonds is 6. The summed E-state index contributed by atoms with van der Waals surface area (Å²) in [6.07, 6.45) is 6.93. The van der Waals surface area contributed by atoms with Crippen LogP contribution in [-0.2, 0) is 0 Å². The van der Waals surface area contributed by atoms with Gasteiger partial charge in [0.1, 0.15) is 5.54 Å². The molecule has 0 amide bonds. The van der Waals surface area contributed by atoms with Crippen LogP contribution in [0.3, 0.4) is 0 Å². The molecule has 3 nitrogen and oxygen atoms in total. The lowest BCUT2D eigenvalue weighted by molar-refractivity contribution is 0.202. The molecule has 1 saturated carbocycles. The van der Waals surface area contributed by atoms with Gasteiger partial charge >= 0.3 is 0 Å². The van der Waals surface area contributed by atoms with E-state index in [4.69, 9.17) is 0 Å². The van der Waals surface area contributed by atoms with E-state index in [0.717, 1.165) is 25.6 Å². The maximum atomic E-state index is 9.23. The monoisotopic (exact) mass is 237 g/mol. The minimum atomic E-state index is -0.405. The highest BCUT2D eigenvalue weighted by molar-refractivity contribution is 5.05. The highest BCUT2D eigenvalue weighted by Gasteiger charge is 2.25. The minimum absolute atomic E-state index is 0.405. The van der Waals surface area contributed by atoms with Gasteiger partial charge in [-0.1, -0.05) is 26.2 Å². The van der Waals surface area contributed by atoms with E-state index in [9.17, 15) is 5.26 Å². The maximum Gasteiger partial charge on any atom is 0.116 e. The van der Waals surface area contributed by atoms with E-state index in [1.807, 2.05) is 6.92 Å². The third-order valence-corrected chi connectivity index (χ3v) is 3.69. The van der Waals surface area contributed by atoms with E-state index in [1.54, 1.807) is 0 Å². The molecule has 0 aromatic rings. The number of likely N-dealkylation sites (N-methyl/N-ethyl adjacent to an activating group) is 2. The van der Waals surface area contributed by atoms with Gasteiger partial charge in [0.2, 0.25) is 0 Å². The number of nitriles is 1. The SMILES string of the molecule is CCNC(C)(C#N)CN(C)CC1CCCCC1. The summed E-state index contributed by atoms with van der Waals surface area (Å²) in [4.78, 5) is 2.32. The predicted molar refractivity (Wildman–Crippen MR) is 71.8 cm³/mol. The van der Waals surface area contributed by atoms with Crippen LogP contribution in [0.25, 0.3) is 0 Å². The van der Waals surface area contributed by atoms with E-state index in [0.29, 0.717) is 0 Å². The summed E-state index contributed by atoms with van der Waals surface area (Å²) < 4.78 is 0. The zero-order chi connectivity index (χ0) is 12.7. The fourth-order valence-electron chi connectivity index (χ4n) is 2.94. The van der Waals surface area contributed by atoms with Gasteiger partial charge in [-0.25, -0.2) is 0 Å². The van der Waals surface area contributed by atoms with Crippen molar-refractivity contribution in [1.29, 1.82) is 5.26 Å². The fourth-order valence-corrected chi connectivity index (χ4v) is 2.94. The van der Waals surface area contributed by atoms with Crippen molar-refractivity contribution in [1.82, 2.24) is 10.2 Å². The van der Waals surface area contributed by atoms with E-state index >= 15 is 0 Å². The number of hydrogen-bond acceptors (Lipinski definition) is 3. The molecule has 98 valence electrons. The Morgan fingerprint density at radius 1 is 1.35 bits per heavy atom. The Labute approximate surface area is 106 Å². The molecule has 3 heteroatoms. The first-order valence-electron chi connectivity index (χ1n) is 6.94. The first kappa shape index (κ1) is 14.5. The Kier molecular flexibility index (Phi) is 5.94. The summed E-state index contributed by atoms with van der Waals surface area (Å²) in [5, 5.41) is 12.5. The van der Waals surface area contributed by atoms with Gasteiger partial charge < -0.3 is 4.90 Å². The molecule has 1 rings (SSSR count). The topological polar surface area (TPSA) is 39.1 Å². The van der Waals surface area contributed by atoms with Gasteiger partial charge in [0.15, 0.2) is 0 Å². The van der Waals surface area contributed by atoms with Crippen molar-refractivity contribution in [3.63, 3.8) is 0 Å². The summed E-state index contributed by atoms with van der Waals surface area (Å²) in [6.45, 7) is 6.85. The van der Waals surface area contributed by atoms with Crippen molar-refractivity contribution in [3.8, 4) is 6.07 Å². The first-order valence-corrected chi connectivity index (χ1v) is 6.94. The molecule has 0 radical (unpaired) electrons. The van der Waals surface area contributed by atoms with Gasteiger partial charge in [0.25, 0.3) is 0 Å². The standard InChI is InChI=1S/C14H27N3/c1-4-16-14(2,11-15)12-17(3)10-13-8-6-5-7-9-13/h13,16H,4-10,12H2,1-3H3. The van der Waals surface area contributed by atoms with Gasteiger partial charge in [0.05, 0.1) is 6.07 Å². The lowest BCUT2D eigenvalue weighted by atomic mass is 9.88. The molecule has 1 fully saturated rings. The molecular formula is C14H27N3. The summed E-state index contributed by atoms with van der Waals surface area (Å²) >= 11 is 0. The third kappa shape index (κ3) is 5.06. The van der Waals surface area contributed by atoms with Crippen LogP contribution < -0.4 is 5.32 Å². The van der Waals surface area contributed by atoms with Gasteiger partial charge in [0, 0.05) is 13.1 Å². The molecule has 1 unspecified atom stereocenters. The second-order valence-corrected chi connectivity index (χ2v) is 5.68. The quantitative estimate of drug-likeness (QED) is 0.771. The number of nitrogens with zero attached hydrogens (tertiary/aromatic N) is 2. The highest BCUT2D eigenvalue weighted by Crippen LogP contribution is 2.24. The van der Waals surface area contributed by atoms with Crippen LogP contribution in [0.2, 0.25) is 0 Å². The molecule has 0 heterocycles. The molecule has 0 aliphatic heterocycles. The maximum absolute atomic E-state index is 9.23. The molecule has 1 aliphatic carbocycles. The molecular weight excluding hydrogens is 210 g/mol. The summed E-state index contributed by atoms with van der Waals surface area (Å²) in [5.41, 5.74) is -0.405. The summed E-state index contributed by atoms with van der Waals surface area (Å²) in [6, 6.07) is 2.39. The van der Waals surface area contributed by atoms with E-state index in [1.165, 1.54) is 32.1 Å². The van der Waals surface area contributed by atoms with Crippen molar-refractivity contribution in [2.24, 2.45) is 5.92 Å². The molecule has 0 bridgehead atoms. The molecule has 1 N–H and O–H groups in total. The van der Waals surface area contributed by atoms with E-state index in [2.05, 4.69) is 30.3 Å². The van der Waals surface area contributed by atoms with Crippen LogP contribution >= 0.6 is 0 Å². The molecule has 1 aliphatic rings. The molecule has 0 saturated heterocycles. The zero-order valence-electron chi connectivity index (χ0n) is 11.6. The van der Waals surface area contributed by atoms with E-state index in [-0.39, 0.29) is 0 Å².